The topological polar surface area (TPSA) is 43.7 Å². The quantitative estimate of drug-likeness (QED) is 0.818. The molecule has 20 heavy (non-hydrogen) atoms. The van der Waals surface area contributed by atoms with Crippen LogP contribution in [0.1, 0.15) is 37.7 Å². The highest BCUT2D eigenvalue weighted by Crippen LogP contribution is 2.37. The Balaban J connectivity index is 1.76. The van der Waals surface area contributed by atoms with Gasteiger partial charge in [-0.3, -0.25) is 4.90 Å². The summed E-state index contributed by atoms with van der Waals surface area (Å²) in [6, 6.07) is 5.02. The molecule has 0 aromatic heterocycles. The number of nitrogens with zero attached hydrogens (tertiary/aromatic N) is 1. The maximum absolute atomic E-state index is 13.6. The second-order valence-corrected chi connectivity index (χ2v) is 6.14. The maximum Gasteiger partial charge on any atom is 0.488 e. The van der Waals surface area contributed by atoms with E-state index in [1.807, 2.05) is 0 Å². The van der Waals surface area contributed by atoms with E-state index in [1.165, 1.54) is 44.2 Å². The first-order valence-electron chi connectivity index (χ1n) is 7.53. The molecular formula is C15H21BFNO2. The largest absolute Gasteiger partial charge is 0.488 e. The third kappa shape index (κ3) is 2.90. The van der Waals surface area contributed by atoms with Crippen molar-refractivity contribution in [3.05, 3.63) is 29.6 Å². The molecule has 1 saturated carbocycles. The summed E-state index contributed by atoms with van der Waals surface area (Å²) in [5, 5.41) is 18.4. The van der Waals surface area contributed by atoms with Crippen molar-refractivity contribution in [3.8, 4) is 0 Å². The summed E-state index contributed by atoms with van der Waals surface area (Å²) in [5.41, 5.74) is 1.07. The van der Waals surface area contributed by atoms with Crippen LogP contribution in [0.15, 0.2) is 18.2 Å². The van der Waals surface area contributed by atoms with Gasteiger partial charge in [0.2, 0.25) is 0 Å². The monoisotopic (exact) mass is 277 g/mol. The smallest absolute Gasteiger partial charge is 0.423 e. The van der Waals surface area contributed by atoms with Crippen LogP contribution < -0.4 is 5.46 Å². The van der Waals surface area contributed by atoms with Gasteiger partial charge in [-0.15, -0.1) is 0 Å². The molecule has 2 atom stereocenters. The van der Waals surface area contributed by atoms with Gasteiger partial charge in [-0.25, -0.2) is 4.39 Å². The average Bonchev–Trinajstić information content (AvgIpc) is 2.87. The van der Waals surface area contributed by atoms with Crippen molar-refractivity contribution in [2.45, 2.75) is 44.7 Å². The molecule has 1 aromatic rings. The Bertz CT molecular complexity index is 483. The Kier molecular flexibility index (Phi) is 4.10. The summed E-state index contributed by atoms with van der Waals surface area (Å²) in [6.45, 7) is 1.77. The normalized spacial score (nSPS) is 26.6. The molecule has 2 N–H and O–H groups in total. The molecule has 5 heteroatoms. The van der Waals surface area contributed by atoms with Crippen molar-refractivity contribution in [2.24, 2.45) is 5.92 Å². The maximum atomic E-state index is 13.6. The highest BCUT2D eigenvalue weighted by molar-refractivity contribution is 6.58. The van der Waals surface area contributed by atoms with Crippen LogP contribution in [0.2, 0.25) is 0 Å². The Morgan fingerprint density at radius 2 is 1.95 bits per heavy atom. The lowest BCUT2D eigenvalue weighted by Crippen LogP contribution is -2.42. The number of fused-ring (bicyclic) bond motifs is 1. The molecule has 1 aliphatic heterocycles. The molecule has 1 heterocycles. The first-order chi connectivity index (χ1) is 9.63. The second-order valence-electron chi connectivity index (χ2n) is 6.14. The fraction of sp³-hybridized carbons (Fsp3) is 0.600. The van der Waals surface area contributed by atoms with Crippen LogP contribution in [0.3, 0.4) is 0 Å². The van der Waals surface area contributed by atoms with E-state index in [0.717, 1.165) is 18.0 Å². The van der Waals surface area contributed by atoms with Gasteiger partial charge in [0.25, 0.3) is 0 Å². The molecule has 1 aromatic carbocycles. The number of benzene rings is 1. The third-order valence-electron chi connectivity index (χ3n) is 4.77. The van der Waals surface area contributed by atoms with Crippen molar-refractivity contribution in [1.82, 2.24) is 4.90 Å². The molecule has 0 spiro atoms. The summed E-state index contributed by atoms with van der Waals surface area (Å²) >= 11 is 0. The Hall–Kier alpha value is -0.905. The van der Waals surface area contributed by atoms with Gasteiger partial charge in [0, 0.05) is 12.6 Å². The van der Waals surface area contributed by atoms with Crippen LogP contribution in [-0.4, -0.2) is 34.7 Å². The van der Waals surface area contributed by atoms with Gasteiger partial charge in [-0.1, -0.05) is 12.5 Å². The molecule has 3 nitrogen and oxygen atoms in total. The van der Waals surface area contributed by atoms with Crippen molar-refractivity contribution in [2.75, 3.05) is 6.54 Å². The molecule has 2 unspecified atom stereocenters. The van der Waals surface area contributed by atoms with E-state index in [2.05, 4.69) is 4.90 Å². The van der Waals surface area contributed by atoms with Crippen LogP contribution in [0.4, 0.5) is 4.39 Å². The number of hydrogen-bond donors (Lipinski definition) is 2. The standard InChI is InChI=1S/C15H21BFNO2/c17-14-8-11(7-13(9-14)16(19)20)10-18-6-2-4-12-3-1-5-15(12)18/h7-9,12,15,19-20H,1-6,10H2. The van der Waals surface area contributed by atoms with Gasteiger partial charge in [-0.05, 0) is 61.3 Å². The summed E-state index contributed by atoms with van der Waals surface area (Å²) in [6.07, 6.45) is 6.41. The van der Waals surface area contributed by atoms with E-state index in [9.17, 15) is 14.4 Å². The minimum Gasteiger partial charge on any atom is -0.423 e. The van der Waals surface area contributed by atoms with E-state index in [-0.39, 0.29) is 5.46 Å². The Morgan fingerprint density at radius 1 is 1.15 bits per heavy atom. The number of piperidine rings is 1. The van der Waals surface area contributed by atoms with Crippen LogP contribution >= 0.6 is 0 Å². The minimum atomic E-state index is -1.61. The number of halogens is 1. The predicted molar refractivity (Wildman–Crippen MR) is 77.0 cm³/mol. The fourth-order valence-corrected chi connectivity index (χ4v) is 3.90. The molecule has 108 valence electrons. The lowest BCUT2D eigenvalue weighted by atomic mass is 9.79. The SMILES string of the molecule is OB(O)c1cc(F)cc(CN2CCCC3CCCC32)c1. The molecule has 1 saturated heterocycles. The van der Waals surface area contributed by atoms with E-state index >= 15 is 0 Å². The van der Waals surface area contributed by atoms with Gasteiger partial charge >= 0.3 is 7.12 Å². The van der Waals surface area contributed by atoms with E-state index in [4.69, 9.17) is 0 Å². The van der Waals surface area contributed by atoms with Gasteiger partial charge in [0.05, 0.1) is 0 Å². The minimum absolute atomic E-state index is 0.236. The molecular weight excluding hydrogens is 256 g/mol. The van der Waals surface area contributed by atoms with Crippen molar-refractivity contribution in [3.63, 3.8) is 0 Å². The van der Waals surface area contributed by atoms with Crippen LogP contribution in [0.25, 0.3) is 0 Å². The molecule has 0 amide bonds. The Labute approximate surface area is 119 Å². The molecule has 2 fully saturated rings. The van der Waals surface area contributed by atoms with Gasteiger partial charge in [0.15, 0.2) is 0 Å². The van der Waals surface area contributed by atoms with Gasteiger partial charge in [-0.2, -0.15) is 0 Å². The van der Waals surface area contributed by atoms with Crippen LogP contribution in [0.5, 0.6) is 0 Å². The first-order valence-corrected chi connectivity index (χ1v) is 7.53. The summed E-state index contributed by atoms with van der Waals surface area (Å²) in [7, 11) is -1.61. The third-order valence-corrected chi connectivity index (χ3v) is 4.77. The zero-order valence-corrected chi connectivity index (χ0v) is 11.6. The van der Waals surface area contributed by atoms with Crippen molar-refractivity contribution in [1.29, 1.82) is 0 Å². The molecule has 0 radical (unpaired) electrons. The van der Waals surface area contributed by atoms with Crippen molar-refractivity contribution >= 4 is 12.6 Å². The molecule has 0 bridgehead atoms. The van der Waals surface area contributed by atoms with Crippen LogP contribution in [-0.2, 0) is 6.54 Å². The molecule has 2 aliphatic rings. The summed E-state index contributed by atoms with van der Waals surface area (Å²) < 4.78 is 13.6. The average molecular weight is 277 g/mol. The predicted octanol–water partition coefficient (Wildman–Crippen LogP) is 1.27. The van der Waals surface area contributed by atoms with Gasteiger partial charge < -0.3 is 10.0 Å². The van der Waals surface area contributed by atoms with E-state index in [0.29, 0.717) is 12.6 Å². The molecule has 1 aliphatic carbocycles. The summed E-state index contributed by atoms with van der Waals surface area (Å²) in [5.74, 6) is 0.408. The highest BCUT2D eigenvalue weighted by Gasteiger charge is 2.34. The lowest BCUT2D eigenvalue weighted by molar-refractivity contribution is 0.106. The Morgan fingerprint density at radius 3 is 2.75 bits per heavy atom. The number of hydrogen-bond acceptors (Lipinski definition) is 3. The first kappa shape index (κ1) is 14.0. The lowest BCUT2D eigenvalue weighted by Gasteiger charge is -2.37. The second kappa shape index (κ2) is 5.84. The number of likely N-dealkylation sites (tertiary alicyclic amines) is 1. The zero-order valence-electron chi connectivity index (χ0n) is 11.6. The van der Waals surface area contributed by atoms with Crippen molar-refractivity contribution < 1.29 is 14.4 Å². The zero-order chi connectivity index (χ0) is 14.1. The van der Waals surface area contributed by atoms with Gasteiger partial charge in [0.1, 0.15) is 5.82 Å². The summed E-state index contributed by atoms with van der Waals surface area (Å²) in [4.78, 5) is 2.45. The fourth-order valence-electron chi connectivity index (χ4n) is 3.90. The van der Waals surface area contributed by atoms with E-state index in [1.54, 1.807) is 6.07 Å². The highest BCUT2D eigenvalue weighted by atomic mass is 19.1. The number of rotatable bonds is 3. The van der Waals surface area contributed by atoms with Crippen LogP contribution in [0, 0.1) is 11.7 Å². The van der Waals surface area contributed by atoms with E-state index < -0.39 is 12.9 Å². The molecule has 3 rings (SSSR count).